The van der Waals surface area contributed by atoms with Gasteiger partial charge in [0.1, 0.15) is 0 Å². The summed E-state index contributed by atoms with van der Waals surface area (Å²) >= 11 is 6.23. The van der Waals surface area contributed by atoms with Crippen molar-refractivity contribution in [3.8, 4) is 0 Å². The first kappa shape index (κ1) is 18.5. The average molecular weight is 390 g/mol. The highest BCUT2D eigenvalue weighted by Crippen LogP contribution is 2.49. The first-order valence-corrected chi connectivity index (χ1v) is 9.54. The molecule has 1 unspecified atom stereocenters. The standard InChI is InChI=1S/C24H20ClNO2/c1-2-20(18-11-7-4-8-12-18)24(28)21-14-13-19(25)15-22(21)26(23(24)27)16-17-9-5-3-6-10-17/h2-15,28H,16H2,1H3/b20-2+. The minimum atomic E-state index is -1.76. The lowest BCUT2D eigenvalue weighted by molar-refractivity contribution is -0.130. The molecule has 1 atom stereocenters. The Kier molecular flexibility index (Phi) is 4.80. The molecule has 0 bridgehead atoms. The minimum Gasteiger partial charge on any atom is -0.372 e. The van der Waals surface area contributed by atoms with Gasteiger partial charge in [0, 0.05) is 16.2 Å². The van der Waals surface area contributed by atoms with Gasteiger partial charge in [-0.25, -0.2) is 0 Å². The van der Waals surface area contributed by atoms with Crippen molar-refractivity contribution < 1.29 is 9.90 Å². The van der Waals surface area contributed by atoms with Crippen LogP contribution in [0.3, 0.4) is 0 Å². The fourth-order valence-electron chi connectivity index (χ4n) is 3.84. The normalized spacial score (nSPS) is 19.0. The van der Waals surface area contributed by atoms with Gasteiger partial charge in [-0.2, -0.15) is 0 Å². The number of anilines is 1. The zero-order valence-corrected chi connectivity index (χ0v) is 16.2. The third kappa shape index (κ3) is 2.93. The maximum absolute atomic E-state index is 13.6. The fourth-order valence-corrected chi connectivity index (χ4v) is 4.01. The van der Waals surface area contributed by atoms with Crippen LogP contribution in [0, 0.1) is 0 Å². The summed E-state index contributed by atoms with van der Waals surface area (Å²) in [4.78, 5) is 15.2. The molecule has 1 N–H and O–H groups in total. The minimum absolute atomic E-state index is 0.362. The summed E-state index contributed by atoms with van der Waals surface area (Å²) < 4.78 is 0. The molecule has 0 aliphatic carbocycles. The van der Waals surface area contributed by atoms with Crippen LogP contribution >= 0.6 is 11.6 Å². The van der Waals surface area contributed by atoms with Crippen LogP contribution in [0.1, 0.15) is 23.6 Å². The van der Waals surface area contributed by atoms with Gasteiger partial charge in [0.25, 0.3) is 5.91 Å². The highest BCUT2D eigenvalue weighted by atomic mass is 35.5. The highest BCUT2D eigenvalue weighted by Gasteiger charge is 2.52. The summed E-state index contributed by atoms with van der Waals surface area (Å²) in [6.45, 7) is 2.20. The van der Waals surface area contributed by atoms with E-state index in [0.29, 0.717) is 28.4 Å². The van der Waals surface area contributed by atoms with Crippen molar-refractivity contribution in [1.82, 2.24) is 0 Å². The van der Waals surface area contributed by atoms with Gasteiger partial charge in [-0.15, -0.1) is 0 Å². The first-order chi connectivity index (χ1) is 13.6. The molecular formula is C24H20ClNO2. The number of hydrogen-bond donors (Lipinski definition) is 1. The molecule has 1 amide bonds. The SMILES string of the molecule is C/C=C(\c1ccccc1)C1(O)C(=O)N(Cc2ccccc2)c2cc(Cl)ccc21. The Morgan fingerprint density at radius 2 is 1.68 bits per heavy atom. The maximum Gasteiger partial charge on any atom is 0.268 e. The third-order valence-electron chi connectivity index (χ3n) is 5.14. The molecule has 3 nitrogen and oxygen atoms in total. The molecule has 4 rings (SSSR count). The van der Waals surface area contributed by atoms with Gasteiger partial charge in [-0.1, -0.05) is 84.4 Å². The third-order valence-corrected chi connectivity index (χ3v) is 5.38. The molecule has 1 heterocycles. The van der Waals surface area contributed by atoms with Crippen molar-refractivity contribution in [2.24, 2.45) is 0 Å². The lowest BCUT2D eigenvalue weighted by atomic mass is 9.83. The number of rotatable bonds is 4. The molecule has 1 aliphatic heterocycles. The van der Waals surface area contributed by atoms with Crippen LogP contribution < -0.4 is 4.90 Å². The Morgan fingerprint density at radius 1 is 1.04 bits per heavy atom. The van der Waals surface area contributed by atoms with E-state index in [1.54, 1.807) is 29.2 Å². The summed E-state index contributed by atoms with van der Waals surface area (Å²) in [7, 11) is 0. The molecular weight excluding hydrogens is 370 g/mol. The molecule has 0 aromatic heterocycles. The fraction of sp³-hybridized carbons (Fsp3) is 0.125. The van der Waals surface area contributed by atoms with Crippen molar-refractivity contribution in [2.45, 2.75) is 19.1 Å². The predicted octanol–water partition coefficient (Wildman–Crippen LogP) is 5.18. The molecule has 28 heavy (non-hydrogen) atoms. The second kappa shape index (κ2) is 7.27. The van der Waals surface area contributed by atoms with Crippen LogP contribution in [0.25, 0.3) is 5.57 Å². The molecule has 4 heteroatoms. The Hall–Kier alpha value is -2.88. The molecule has 0 fully saturated rings. The molecule has 3 aromatic carbocycles. The van der Waals surface area contributed by atoms with Gasteiger partial charge in [0.05, 0.1) is 12.2 Å². The Labute approximate surface area is 169 Å². The topological polar surface area (TPSA) is 40.5 Å². The number of nitrogens with zero attached hydrogens (tertiary/aromatic N) is 1. The molecule has 0 spiro atoms. The monoisotopic (exact) mass is 389 g/mol. The van der Waals surface area contributed by atoms with Gasteiger partial charge >= 0.3 is 0 Å². The summed E-state index contributed by atoms with van der Waals surface area (Å²) in [5.41, 5.74) is 1.78. The first-order valence-electron chi connectivity index (χ1n) is 9.16. The van der Waals surface area contributed by atoms with Crippen LogP contribution in [0.4, 0.5) is 5.69 Å². The van der Waals surface area contributed by atoms with Crippen molar-refractivity contribution >= 4 is 28.8 Å². The number of halogens is 1. The maximum atomic E-state index is 13.6. The number of carbonyl (C=O) groups is 1. The van der Waals surface area contributed by atoms with E-state index >= 15 is 0 Å². The van der Waals surface area contributed by atoms with Gasteiger partial charge < -0.3 is 10.0 Å². The number of aliphatic hydroxyl groups is 1. The van der Waals surface area contributed by atoms with Crippen LogP contribution in [0.15, 0.2) is 84.9 Å². The Balaban J connectivity index is 1.86. The summed E-state index contributed by atoms with van der Waals surface area (Å²) in [6.07, 6.45) is 1.80. The molecule has 0 saturated heterocycles. The van der Waals surface area contributed by atoms with E-state index in [1.807, 2.05) is 67.6 Å². The van der Waals surface area contributed by atoms with E-state index in [2.05, 4.69) is 0 Å². The van der Waals surface area contributed by atoms with Gasteiger partial charge in [-0.3, -0.25) is 4.79 Å². The van der Waals surface area contributed by atoms with Gasteiger partial charge in [0.15, 0.2) is 5.60 Å². The Morgan fingerprint density at radius 3 is 2.32 bits per heavy atom. The van der Waals surface area contributed by atoms with Crippen LogP contribution in [-0.2, 0) is 16.9 Å². The summed E-state index contributed by atoms with van der Waals surface area (Å²) in [5, 5.41) is 12.3. The zero-order chi connectivity index (χ0) is 19.7. The van der Waals surface area contributed by atoms with Crippen molar-refractivity contribution in [1.29, 1.82) is 0 Å². The van der Waals surface area contributed by atoms with Crippen LogP contribution in [0.2, 0.25) is 5.02 Å². The largest absolute Gasteiger partial charge is 0.372 e. The quantitative estimate of drug-likeness (QED) is 0.668. The number of allylic oxidation sites excluding steroid dienone is 1. The van der Waals surface area contributed by atoms with Crippen molar-refractivity contribution in [3.05, 3.63) is 107 Å². The van der Waals surface area contributed by atoms with Crippen molar-refractivity contribution in [3.63, 3.8) is 0 Å². The zero-order valence-electron chi connectivity index (χ0n) is 15.5. The second-order valence-electron chi connectivity index (χ2n) is 6.82. The smallest absolute Gasteiger partial charge is 0.268 e. The van der Waals surface area contributed by atoms with E-state index in [4.69, 9.17) is 11.6 Å². The van der Waals surface area contributed by atoms with E-state index in [1.165, 1.54) is 0 Å². The van der Waals surface area contributed by atoms with Crippen LogP contribution in [-0.4, -0.2) is 11.0 Å². The number of hydrogen-bond acceptors (Lipinski definition) is 2. The average Bonchev–Trinajstić information content (AvgIpc) is 2.92. The van der Waals surface area contributed by atoms with E-state index in [9.17, 15) is 9.90 Å². The molecule has 3 aromatic rings. The van der Waals surface area contributed by atoms with E-state index in [-0.39, 0.29) is 5.91 Å². The van der Waals surface area contributed by atoms with Crippen LogP contribution in [0.5, 0.6) is 0 Å². The predicted molar refractivity (Wildman–Crippen MR) is 113 cm³/mol. The number of carbonyl (C=O) groups excluding carboxylic acids is 1. The molecule has 1 aliphatic rings. The molecule has 140 valence electrons. The van der Waals surface area contributed by atoms with Gasteiger partial charge in [0.2, 0.25) is 0 Å². The second-order valence-corrected chi connectivity index (χ2v) is 7.25. The summed E-state index contributed by atoms with van der Waals surface area (Å²) in [6, 6.07) is 24.4. The Bertz CT molecular complexity index is 1050. The van der Waals surface area contributed by atoms with Gasteiger partial charge in [-0.05, 0) is 30.2 Å². The number of amides is 1. The summed E-state index contributed by atoms with van der Waals surface area (Å²) in [5.74, 6) is -0.370. The number of fused-ring (bicyclic) bond motifs is 1. The molecule has 0 radical (unpaired) electrons. The number of benzene rings is 3. The van der Waals surface area contributed by atoms with E-state index in [0.717, 1.165) is 11.1 Å². The lowest BCUT2D eigenvalue weighted by Gasteiger charge is -2.26. The highest BCUT2D eigenvalue weighted by molar-refractivity contribution is 6.31. The lowest BCUT2D eigenvalue weighted by Crippen LogP contribution is -2.41. The van der Waals surface area contributed by atoms with E-state index < -0.39 is 5.60 Å². The molecule has 0 saturated carbocycles. The van der Waals surface area contributed by atoms with Crippen molar-refractivity contribution in [2.75, 3.05) is 4.90 Å².